The van der Waals surface area contributed by atoms with Gasteiger partial charge in [0, 0.05) is 29.6 Å². The van der Waals surface area contributed by atoms with E-state index in [9.17, 15) is 23.5 Å². The molecule has 1 aliphatic rings. The number of hydrogen-bond acceptors (Lipinski definition) is 7. The first-order valence-electron chi connectivity index (χ1n) is 14.1. The number of halogens is 2. The van der Waals surface area contributed by atoms with Gasteiger partial charge < -0.3 is 30.0 Å². The molecular weight excluding hydrogens is 560 g/mol. The van der Waals surface area contributed by atoms with Gasteiger partial charge in [-0.1, -0.05) is 18.2 Å². The molecule has 1 aliphatic heterocycles. The highest BCUT2D eigenvalue weighted by atomic mass is 19.1. The number of carbonyl (C=O) groups excluding carboxylic acids is 1. The number of nitrogens with zero attached hydrogens (tertiary/aromatic N) is 1. The summed E-state index contributed by atoms with van der Waals surface area (Å²) in [5.74, 6) is -1.73. The third-order valence-corrected chi connectivity index (χ3v) is 7.04. The van der Waals surface area contributed by atoms with Gasteiger partial charge in [0.1, 0.15) is 17.2 Å². The minimum atomic E-state index is -1.07. The molecule has 0 radical (unpaired) electrons. The van der Waals surface area contributed by atoms with E-state index in [4.69, 9.17) is 14.2 Å². The zero-order valence-electron chi connectivity index (χ0n) is 24.7. The van der Waals surface area contributed by atoms with Crippen molar-refractivity contribution in [2.24, 2.45) is 0 Å². The SMILES string of the molecule is COc1ccc2c(C(=O)O)ccc(CC(NC(=O)OC(C)(C)C)[C@H]3CC[C@H](NC/C=C/c4cc(F)ccc4F)CO3)c2n1. The van der Waals surface area contributed by atoms with Crippen molar-refractivity contribution in [3.63, 3.8) is 0 Å². The van der Waals surface area contributed by atoms with E-state index in [-0.39, 0.29) is 23.3 Å². The van der Waals surface area contributed by atoms with E-state index in [1.54, 1.807) is 45.0 Å². The smallest absolute Gasteiger partial charge is 0.407 e. The van der Waals surface area contributed by atoms with Gasteiger partial charge in [-0.05, 0) is 75.9 Å². The zero-order chi connectivity index (χ0) is 31.1. The topological polar surface area (TPSA) is 119 Å². The molecule has 1 aromatic heterocycles. The number of pyridine rings is 1. The van der Waals surface area contributed by atoms with Crippen LogP contribution in [0.5, 0.6) is 5.88 Å². The first kappa shape index (κ1) is 31.8. The van der Waals surface area contributed by atoms with Crippen molar-refractivity contribution in [1.82, 2.24) is 15.6 Å². The van der Waals surface area contributed by atoms with Crippen molar-refractivity contribution in [2.75, 3.05) is 20.3 Å². The van der Waals surface area contributed by atoms with Crippen LogP contribution in [0.3, 0.4) is 0 Å². The van der Waals surface area contributed by atoms with Crippen molar-refractivity contribution in [2.45, 2.75) is 63.8 Å². The van der Waals surface area contributed by atoms with Crippen LogP contribution in [0.1, 0.15) is 55.1 Å². The van der Waals surface area contributed by atoms with E-state index in [2.05, 4.69) is 15.6 Å². The van der Waals surface area contributed by atoms with Crippen LogP contribution in [0, 0.1) is 11.6 Å². The fourth-order valence-corrected chi connectivity index (χ4v) is 5.01. The molecule has 3 N–H and O–H groups in total. The highest BCUT2D eigenvalue weighted by Crippen LogP contribution is 2.27. The van der Waals surface area contributed by atoms with Gasteiger partial charge in [0.25, 0.3) is 0 Å². The maximum atomic E-state index is 13.9. The molecule has 1 unspecified atom stereocenters. The predicted octanol–water partition coefficient (Wildman–Crippen LogP) is 5.51. The lowest BCUT2D eigenvalue weighted by molar-refractivity contribution is -0.0258. The molecular formula is C32H37F2N3O6. The van der Waals surface area contributed by atoms with E-state index in [1.165, 1.54) is 19.3 Å². The largest absolute Gasteiger partial charge is 0.481 e. The summed E-state index contributed by atoms with van der Waals surface area (Å²) in [7, 11) is 1.48. The van der Waals surface area contributed by atoms with E-state index >= 15 is 0 Å². The number of carboxylic acid groups (broad SMARTS) is 1. The number of carbonyl (C=O) groups is 2. The fourth-order valence-electron chi connectivity index (χ4n) is 5.01. The number of rotatable bonds is 10. The van der Waals surface area contributed by atoms with Crippen LogP contribution in [0.15, 0.2) is 48.5 Å². The Morgan fingerprint density at radius 3 is 2.63 bits per heavy atom. The lowest BCUT2D eigenvalue weighted by Crippen LogP contribution is -2.51. The number of aromatic nitrogens is 1. The van der Waals surface area contributed by atoms with Crippen molar-refractivity contribution in [3.05, 3.63) is 76.9 Å². The Bertz CT molecular complexity index is 1480. The average Bonchev–Trinajstić information content (AvgIpc) is 2.95. The van der Waals surface area contributed by atoms with Gasteiger partial charge >= 0.3 is 12.1 Å². The van der Waals surface area contributed by atoms with Crippen LogP contribution < -0.4 is 15.4 Å². The quantitative estimate of drug-likeness (QED) is 0.280. The standard InChI is InChI=1S/C32H37F2N3O6/c1-32(2,3)43-31(40)36-26(17-20-7-10-24(30(38)39)23-11-14-28(41-4)37-29(20)23)27-13-9-22(18-42-27)35-15-5-6-19-16-21(33)8-12-25(19)34/h5-8,10-12,14,16,22,26-27,35H,9,13,15,17-18H2,1-4H3,(H,36,40)(H,38,39)/b6-5+/t22-,26?,27+/m0/s1. The van der Waals surface area contributed by atoms with E-state index < -0.39 is 35.3 Å². The third-order valence-electron chi connectivity index (χ3n) is 7.04. The van der Waals surface area contributed by atoms with Gasteiger partial charge in [0.15, 0.2) is 0 Å². The molecule has 9 nitrogen and oxygen atoms in total. The highest BCUT2D eigenvalue weighted by molar-refractivity contribution is 6.03. The van der Waals surface area contributed by atoms with Gasteiger partial charge in [0.2, 0.25) is 5.88 Å². The summed E-state index contributed by atoms with van der Waals surface area (Å²) in [6, 6.07) is 9.32. The Balaban J connectivity index is 1.47. The molecule has 43 heavy (non-hydrogen) atoms. The molecule has 3 aromatic rings. The molecule has 0 aliphatic carbocycles. The Morgan fingerprint density at radius 1 is 1.16 bits per heavy atom. The maximum Gasteiger partial charge on any atom is 0.407 e. The van der Waals surface area contributed by atoms with E-state index in [0.29, 0.717) is 42.8 Å². The summed E-state index contributed by atoms with van der Waals surface area (Å²) in [4.78, 5) is 29.2. The second-order valence-electron chi connectivity index (χ2n) is 11.4. The Morgan fingerprint density at radius 2 is 1.95 bits per heavy atom. The number of nitrogens with one attached hydrogen (secondary N) is 2. The number of aromatic carboxylic acids is 1. The molecule has 3 atom stereocenters. The number of hydrogen-bond donors (Lipinski definition) is 3. The molecule has 230 valence electrons. The highest BCUT2D eigenvalue weighted by Gasteiger charge is 2.32. The number of methoxy groups -OCH3 is 1. The number of fused-ring (bicyclic) bond motifs is 1. The van der Waals surface area contributed by atoms with Crippen molar-refractivity contribution in [1.29, 1.82) is 0 Å². The van der Waals surface area contributed by atoms with Crippen molar-refractivity contribution in [3.8, 4) is 5.88 Å². The van der Waals surface area contributed by atoms with Crippen molar-refractivity contribution >= 4 is 29.0 Å². The molecule has 0 saturated carbocycles. The Labute approximate surface area is 249 Å². The average molecular weight is 598 g/mol. The molecule has 2 heterocycles. The van der Waals surface area contributed by atoms with Crippen LogP contribution >= 0.6 is 0 Å². The Hall–Kier alpha value is -4.09. The molecule has 1 fully saturated rings. The molecule has 1 amide bonds. The molecule has 0 spiro atoms. The predicted molar refractivity (Wildman–Crippen MR) is 158 cm³/mol. The summed E-state index contributed by atoms with van der Waals surface area (Å²) in [5.41, 5.74) is 0.770. The minimum Gasteiger partial charge on any atom is -0.481 e. The monoisotopic (exact) mass is 597 g/mol. The minimum absolute atomic E-state index is 0.0158. The second-order valence-corrected chi connectivity index (χ2v) is 11.4. The number of benzene rings is 2. The van der Waals surface area contributed by atoms with Crippen molar-refractivity contribution < 1.29 is 37.7 Å². The summed E-state index contributed by atoms with van der Waals surface area (Å²) < 4.78 is 44.3. The third kappa shape index (κ3) is 8.71. The summed E-state index contributed by atoms with van der Waals surface area (Å²) in [5, 5.41) is 16.5. The summed E-state index contributed by atoms with van der Waals surface area (Å²) >= 11 is 0. The number of alkyl carbamates (subject to hydrolysis) is 1. The maximum absolute atomic E-state index is 13.9. The fraction of sp³-hybridized carbons (Fsp3) is 0.406. The first-order chi connectivity index (χ1) is 20.4. The zero-order valence-corrected chi connectivity index (χ0v) is 24.7. The van der Waals surface area contributed by atoms with Crippen LogP contribution in [0.25, 0.3) is 17.0 Å². The lowest BCUT2D eigenvalue weighted by Gasteiger charge is -2.35. The van der Waals surface area contributed by atoms with Gasteiger partial charge in [-0.25, -0.2) is 23.4 Å². The lowest BCUT2D eigenvalue weighted by atomic mass is 9.92. The van der Waals surface area contributed by atoms with Gasteiger partial charge in [-0.15, -0.1) is 0 Å². The number of amides is 1. The second kappa shape index (κ2) is 13.9. The Kier molecular flexibility index (Phi) is 10.3. The summed E-state index contributed by atoms with van der Waals surface area (Å²) in [6.07, 6.45) is 3.97. The summed E-state index contributed by atoms with van der Waals surface area (Å²) in [6.45, 7) is 6.13. The number of carboxylic acids is 1. The molecule has 4 rings (SSSR count). The van der Waals surface area contributed by atoms with Crippen LogP contribution in [0.2, 0.25) is 0 Å². The molecule has 2 aromatic carbocycles. The van der Waals surface area contributed by atoms with Crippen LogP contribution in [-0.2, 0) is 15.9 Å². The van der Waals surface area contributed by atoms with Crippen LogP contribution in [-0.4, -0.2) is 66.2 Å². The molecule has 11 heteroatoms. The van der Waals surface area contributed by atoms with Gasteiger partial charge in [-0.2, -0.15) is 0 Å². The number of ether oxygens (including phenoxy) is 3. The van der Waals surface area contributed by atoms with Crippen LogP contribution in [0.4, 0.5) is 13.6 Å². The van der Waals surface area contributed by atoms with E-state index in [1.807, 2.05) is 0 Å². The molecule has 0 bridgehead atoms. The van der Waals surface area contributed by atoms with Gasteiger partial charge in [-0.3, -0.25) is 0 Å². The van der Waals surface area contributed by atoms with Gasteiger partial charge in [0.05, 0.1) is 36.9 Å². The van der Waals surface area contributed by atoms with E-state index in [0.717, 1.165) is 30.2 Å². The first-order valence-corrected chi connectivity index (χ1v) is 14.1. The normalized spacial score (nSPS) is 18.0. The molecule has 1 saturated heterocycles.